The van der Waals surface area contributed by atoms with Gasteiger partial charge in [-0.25, -0.2) is 0 Å². The number of nitrogens with two attached hydrogens (primary N) is 1. The third-order valence-corrected chi connectivity index (χ3v) is 2.38. The Bertz CT molecular complexity index is 592. The van der Waals surface area contributed by atoms with Crippen molar-refractivity contribution in [3.8, 4) is 0 Å². The number of anilines is 2. The molecule has 0 radical (unpaired) electrons. The van der Waals surface area contributed by atoms with Crippen LogP contribution in [0.4, 0.5) is 24.5 Å². The average molecular weight is 270 g/mol. The number of carbonyl (C=O) groups is 1. The predicted molar refractivity (Wildman–Crippen MR) is 62.5 cm³/mol. The minimum Gasteiger partial charge on any atom is -0.472 e. The Balaban J connectivity index is 2.33. The molecule has 19 heavy (non-hydrogen) atoms. The SMILES string of the molecule is Nc1ccc(NC(=O)c2ccoc2)c(C(F)(F)F)c1. The van der Waals surface area contributed by atoms with Gasteiger partial charge in [0, 0.05) is 5.69 Å². The van der Waals surface area contributed by atoms with Gasteiger partial charge in [0.2, 0.25) is 0 Å². The first-order valence-corrected chi connectivity index (χ1v) is 5.18. The fourth-order valence-electron chi connectivity index (χ4n) is 1.49. The van der Waals surface area contributed by atoms with Crippen LogP contribution in [0.1, 0.15) is 15.9 Å². The zero-order valence-corrected chi connectivity index (χ0v) is 9.49. The second-order valence-corrected chi connectivity index (χ2v) is 3.77. The van der Waals surface area contributed by atoms with Gasteiger partial charge in [-0.05, 0) is 24.3 Å². The van der Waals surface area contributed by atoms with Crippen LogP contribution in [0.25, 0.3) is 0 Å². The summed E-state index contributed by atoms with van der Waals surface area (Å²) >= 11 is 0. The first-order valence-electron chi connectivity index (χ1n) is 5.18. The number of nitrogens with one attached hydrogen (secondary N) is 1. The lowest BCUT2D eigenvalue weighted by atomic mass is 10.1. The number of carbonyl (C=O) groups excluding carboxylic acids is 1. The van der Waals surface area contributed by atoms with Crippen LogP contribution in [0.5, 0.6) is 0 Å². The summed E-state index contributed by atoms with van der Waals surface area (Å²) in [6.45, 7) is 0. The quantitative estimate of drug-likeness (QED) is 0.824. The summed E-state index contributed by atoms with van der Waals surface area (Å²) in [6.07, 6.45) is -2.21. The van der Waals surface area contributed by atoms with Crippen molar-refractivity contribution in [1.29, 1.82) is 0 Å². The highest BCUT2D eigenvalue weighted by Crippen LogP contribution is 2.36. The number of hydrogen-bond donors (Lipinski definition) is 2. The van der Waals surface area contributed by atoms with Crippen LogP contribution in [0.2, 0.25) is 0 Å². The molecule has 0 aliphatic carbocycles. The first-order chi connectivity index (χ1) is 8.88. The van der Waals surface area contributed by atoms with E-state index in [0.29, 0.717) is 0 Å². The van der Waals surface area contributed by atoms with Gasteiger partial charge in [-0.1, -0.05) is 0 Å². The largest absolute Gasteiger partial charge is 0.472 e. The molecule has 2 rings (SSSR count). The molecule has 0 aliphatic heterocycles. The van der Waals surface area contributed by atoms with Crippen molar-refractivity contribution in [3.05, 3.63) is 47.9 Å². The maximum Gasteiger partial charge on any atom is 0.418 e. The van der Waals surface area contributed by atoms with Crippen molar-refractivity contribution in [3.63, 3.8) is 0 Å². The molecule has 0 saturated carbocycles. The molecule has 100 valence electrons. The normalized spacial score (nSPS) is 11.3. The molecule has 0 aliphatic rings. The summed E-state index contributed by atoms with van der Waals surface area (Å²) in [7, 11) is 0. The Morgan fingerprint density at radius 1 is 1.26 bits per heavy atom. The van der Waals surface area contributed by atoms with E-state index in [1.807, 2.05) is 0 Å². The minimum absolute atomic E-state index is 0.0337. The van der Waals surface area contributed by atoms with Gasteiger partial charge in [0.1, 0.15) is 6.26 Å². The first kappa shape index (κ1) is 13.0. The van der Waals surface area contributed by atoms with Crippen LogP contribution in [-0.2, 0) is 6.18 Å². The fraction of sp³-hybridized carbons (Fsp3) is 0.0833. The van der Waals surface area contributed by atoms with E-state index in [2.05, 4.69) is 9.73 Å². The van der Waals surface area contributed by atoms with Gasteiger partial charge < -0.3 is 15.5 Å². The molecule has 0 fully saturated rings. The molecule has 0 atom stereocenters. The number of hydrogen-bond acceptors (Lipinski definition) is 3. The van der Waals surface area contributed by atoms with E-state index in [9.17, 15) is 18.0 Å². The lowest BCUT2D eigenvalue weighted by Crippen LogP contribution is -2.16. The van der Waals surface area contributed by atoms with E-state index >= 15 is 0 Å². The molecule has 0 spiro atoms. The highest BCUT2D eigenvalue weighted by Gasteiger charge is 2.34. The number of alkyl halides is 3. The molecule has 1 aromatic heterocycles. The van der Waals surface area contributed by atoms with Gasteiger partial charge in [0.25, 0.3) is 5.91 Å². The number of halogens is 3. The van der Waals surface area contributed by atoms with Gasteiger partial charge >= 0.3 is 6.18 Å². The lowest BCUT2D eigenvalue weighted by Gasteiger charge is -2.14. The summed E-state index contributed by atoms with van der Waals surface area (Å²) < 4.78 is 43.1. The molecule has 7 heteroatoms. The number of furan rings is 1. The maximum absolute atomic E-state index is 12.8. The van der Waals surface area contributed by atoms with Crippen LogP contribution < -0.4 is 11.1 Å². The molecule has 1 aromatic carbocycles. The van der Waals surface area contributed by atoms with E-state index in [-0.39, 0.29) is 16.9 Å². The zero-order chi connectivity index (χ0) is 14.0. The van der Waals surface area contributed by atoms with Gasteiger partial charge in [0.15, 0.2) is 0 Å². The molecule has 0 bridgehead atoms. The number of nitrogen functional groups attached to an aromatic ring is 1. The molecular weight excluding hydrogens is 261 g/mol. The summed E-state index contributed by atoms with van der Waals surface area (Å²) in [5.74, 6) is -0.691. The third kappa shape index (κ3) is 2.87. The Kier molecular flexibility index (Phi) is 3.20. The van der Waals surface area contributed by atoms with Crippen molar-refractivity contribution in [2.45, 2.75) is 6.18 Å². The van der Waals surface area contributed by atoms with Gasteiger partial charge in [-0.2, -0.15) is 13.2 Å². The second kappa shape index (κ2) is 4.68. The maximum atomic E-state index is 12.8. The molecule has 4 nitrogen and oxygen atoms in total. The number of benzene rings is 1. The molecular formula is C12H9F3N2O2. The molecule has 2 aromatic rings. The Morgan fingerprint density at radius 3 is 2.58 bits per heavy atom. The van der Waals surface area contributed by atoms with Crippen LogP contribution in [-0.4, -0.2) is 5.91 Å². The zero-order valence-electron chi connectivity index (χ0n) is 9.49. The van der Waals surface area contributed by atoms with E-state index in [1.165, 1.54) is 18.4 Å². The molecule has 3 N–H and O–H groups in total. The van der Waals surface area contributed by atoms with Crippen molar-refractivity contribution >= 4 is 17.3 Å². The summed E-state index contributed by atoms with van der Waals surface area (Å²) in [6, 6.07) is 4.50. The van der Waals surface area contributed by atoms with E-state index in [4.69, 9.17) is 5.73 Å². The molecule has 1 amide bonds. The summed E-state index contributed by atoms with van der Waals surface area (Å²) in [4.78, 5) is 11.7. The molecule has 0 saturated heterocycles. The Labute approximate surface area is 106 Å². The Hall–Kier alpha value is -2.44. The Morgan fingerprint density at radius 2 is 2.00 bits per heavy atom. The molecule has 0 unspecified atom stereocenters. The van der Waals surface area contributed by atoms with Crippen LogP contribution in [0.15, 0.2) is 41.2 Å². The van der Waals surface area contributed by atoms with Crippen molar-refractivity contribution in [1.82, 2.24) is 0 Å². The molecule has 1 heterocycles. The van der Waals surface area contributed by atoms with Crippen LogP contribution in [0, 0.1) is 0 Å². The smallest absolute Gasteiger partial charge is 0.418 e. The fourth-order valence-corrected chi connectivity index (χ4v) is 1.49. The third-order valence-electron chi connectivity index (χ3n) is 2.38. The van der Waals surface area contributed by atoms with Gasteiger partial charge in [-0.15, -0.1) is 0 Å². The second-order valence-electron chi connectivity index (χ2n) is 3.77. The predicted octanol–water partition coefficient (Wildman–Crippen LogP) is 3.13. The monoisotopic (exact) mass is 270 g/mol. The van der Waals surface area contributed by atoms with Crippen LogP contribution >= 0.6 is 0 Å². The summed E-state index contributed by atoms with van der Waals surface area (Å²) in [5, 5.41) is 2.17. The highest BCUT2D eigenvalue weighted by molar-refractivity contribution is 6.04. The van der Waals surface area contributed by atoms with E-state index in [1.54, 1.807) is 0 Å². The minimum atomic E-state index is -4.60. The highest BCUT2D eigenvalue weighted by atomic mass is 19.4. The topological polar surface area (TPSA) is 68.3 Å². The summed E-state index contributed by atoms with van der Waals surface area (Å²) in [5.41, 5.74) is 4.07. The number of rotatable bonds is 2. The van der Waals surface area contributed by atoms with E-state index < -0.39 is 17.6 Å². The lowest BCUT2D eigenvalue weighted by molar-refractivity contribution is -0.136. The van der Waals surface area contributed by atoms with Crippen molar-refractivity contribution in [2.24, 2.45) is 0 Å². The van der Waals surface area contributed by atoms with Crippen molar-refractivity contribution in [2.75, 3.05) is 11.1 Å². The van der Waals surface area contributed by atoms with E-state index in [0.717, 1.165) is 18.4 Å². The van der Waals surface area contributed by atoms with Crippen molar-refractivity contribution < 1.29 is 22.4 Å². The van der Waals surface area contributed by atoms with Gasteiger partial charge in [-0.3, -0.25) is 4.79 Å². The standard InChI is InChI=1S/C12H9F3N2O2/c13-12(14,15)9-5-8(16)1-2-10(9)17-11(18)7-3-4-19-6-7/h1-6H,16H2,(H,17,18). The number of amides is 1. The van der Waals surface area contributed by atoms with Gasteiger partial charge in [0.05, 0.1) is 23.1 Å². The van der Waals surface area contributed by atoms with Crippen LogP contribution in [0.3, 0.4) is 0 Å². The average Bonchev–Trinajstić information content (AvgIpc) is 2.83.